The minimum Gasteiger partial charge on any atom is -0.506 e. The van der Waals surface area contributed by atoms with Crippen LogP contribution in [0.5, 0.6) is 5.75 Å². The van der Waals surface area contributed by atoms with Gasteiger partial charge in [-0.2, -0.15) is 8.42 Å². The predicted octanol–water partition coefficient (Wildman–Crippen LogP) is 1.61. The smallest absolute Gasteiger partial charge is 0.287 e. The molecule has 1 rings (SSSR count). The molecule has 0 aliphatic heterocycles. The van der Waals surface area contributed by atoms with Gasteiger partial charge in [-0.15, -0.1) is 4.40 Å². The molecule has 0 atom stereocenters. The largest absolute Gasteiger partial charge is 0.506 e. The predicted molar refractivity (Wildman–Crippen MR) is 75.5 cm³/mol. The first-order chi connectivity index (χ1) is 9.24. The third kappa shape index (κ3) is 4.84. The lowest BCUT2D eigenvalue weighted by Crippen LogP contribution is -2.10. The van der Waals surface area contributed by atoms with E-state index in [9.17, 15) is 23.6 Å². The summed E-state index contributed by atoms with van der Waals surface area (Å²) in [5.41, 5.74) is -0.400. The summed E-state index contributed by atoms with van der Waals surface area (Å²) >= 11 is 0. The van der Waals surface area contributed by atoms with Crippen molar-refractivity contribution in [1.82, 2.24) is 4.90 Å². The molecule has 1 aromatic rings. The molecule has 9 heteroatoms. The number of hydrogen-bond acceptors (Lipinski definition) is 5. The van der Waals surface area contributed by atoms with E-state index in [1.165, 1.54) is 4.90 Å². The summed E-state index contributed by atoms with van der Waals surface area (Å²) in [6, 6.07) is 2.69. The zero-order valence-electron chi connectivity index (χ0n) is 11.6. The van der Waals surface area contributed by atoms with Crippen molar-refractivity contribution in [3.8, 4) is 5.75 Å². The number of phenols is 1. The van der Waals surface area contributed by atoms with Crippen LogP contribution in [0.15, 0.2) is 27.5 Å². The molecule has 112 valence electrons. The van der Waals surface area contributed by atoms with Crippen LogP contribution in [-0.4, -0.2) is 43.8 Å². The molecule has 0 aliphatic rings. The van der Waals surface area contributed by atoms with Crippen LogP contribution in [0.3, 0.4) is 0 Å². The Bertz CT molecular complexity index is 596. The summed E-state index contributed by atoms with van der Waals surface area (Å²) in [6.45, 7) is 4.00. The molecule has 0 spiro atoms. The van der Waals surface area contributed by atoms with E-state index in [4.69, 9.17) is 0 Å². The van der Waals surface area contributed by atoms with Gasteiger partial charge in [0.05, 0.1) is 11.0 Å². The number of non-ortho nitro benzene ring substituents is 1. The Kier molecular flexibility index (Phi) is 6.63. The van der Waals surface area contributed by atoms with Gasteiger partial charge in [-0.3, -0.25) is 10.1 Å². The quantitative estimate of drug-likeness (QED) is 0.391. The van der Waals surface area contributed by atoms with Crippen LogP contribution in [-0.2, 0) is 10.0 Å². The van der Waals surface area contributed by atoms with Crippen LogP contribution in [0, 0.1) is 10.1 Å². The molecular weight excluding hydrogens is 286 g/mol. The van der Waals surface area contributed by atoms with E-state index in [-0.39, 0.29) is 0 Å². The highest BCUT2D eigenvalue weighted by Crippen LogP contribution is 2.28. The number of rotatable bonds is 4. The van der Waals surface area contributed by atoms with Gasteiger partial charge in [0, 0.05) is 20.2 Å². The molecule has 0 unspecified atom stereocenters. The highest BCUT2D eigenvalue weighted by atomic mass is 32.2. The van der Waals surface area contributed by atoms with Crippen LogP contribution in [0.4, 0.5) is 5.69 Å². The standard InChI is InChI=1S/C9H11N3O5S.C2H6/c1-11(2)6-10-18(16,17)9-4-3-7(12(14)15)5-8(9)13;1-2/h3-6,13H,1-2H3;1-2H3. The van der Waals surface area contributed by atoms with Crippen molar-refractivity contribution in [3.05, 3.63) is 28.3 Å². The van der Waals surface area contributed by atoms with E-state index in [0.29, 0.717) is 0 Å². The van der Waals surface area contributed by atoms with Crippen LogP contribution in [0.25, 0.3) is 0 Å². The van der Waals surface area contributed by atoms with Crippen LogP contribution in [0.2, 0.25) is 0 Å². The second-order valence-electron chi connectivity index (χ2n) is 3.57. The first kappa shape index (κ1) is 17.8. The molecule has 0 heterocycles. The summed E-state index contributed by atoms with van der Waals surface area (Å²) in [6.07, 6.45) is 1.05. The van der Waals surface area contributed by atoms with Crippen LogP contribution >= 0.6 is 0 Å². The molecule has 0 fully saturated rings. The van der Waals surface area contributed by atoms with Gasteiger partial charge in [0.1, 0.15) is 17.0 Å². The normalized spacial score (nSPS) is 10.8. The number of nitro groups is 1. The summed E-state index contributed by atoms with van der Waals surface area (Å²) in [5, 5.41) is 19.9. The van der Waals surface area contributed by atoms with Crippen molar-refractivity contribution >= 4 is 22.0 Å². The number of aromatic hydroxyl groups is 1. The molecule has 0 saturated carbocycles. The molecule has 1 aromatic carbocycles. The zero-order chi connectivity index (χ0) is 15.9. The molecule has 1 N–H and O–H groups in total. The van der Waals surface area contributed by atoms with Gasteiger partial charge in [-0.05, 0) is 6.07 Å². The van der Waals surface area contributed by atoms with E-state index in [2.05, 4.69) is 4.40 Å². The molecule has 0 aliphatic carbocycles. The van der Waals surface area contributed by atoms with Crippen LogP contribution < -0.4 is 0 Å². The Labute approximate surface area is 117 Å². The first-order valence-electron chi connectivity index (χ1n) is 5.68. The Balaban J connectivity index is 0.00000172. The first-order valence-corrected chi connectivity index (χ1v) is 7.12. The Morgan fingerprint density at radius 3 is 2.30 bits per heavy atom. The highest BCUT2D eigenvalue weighted by Gasteiger charge is 2.20. The highest BCUT2D eigenvalue weighted by molar-refractivity contribution is 7.90. The van der Waals surface area contributed by atoms with Gasteiger partial charge in [-0.25, -0.2) is 0 Å². The van der Waals surface area contributed by atoms with Crippen molar-refractivity contribution in [3.63, 3.8) is 0 Å². The van der Waals surface area contributed by atoms with Gasteiger partial charge >= 0.3 is 0 Å². The maximum atomic E-state index is 11.7. The molecular formula is C11H17N3O5S. The Morgan fingerprint density at radius 2 is 1.90 bits per heavy atom. The van der Waals surface area contributed by atoms with E-state index >= 15 is 0 Å². The van der Waals surface area contributed by atoms with Crippen molar-refractivity contribution in [2.24, 2.45) is 4.40 Å². The van der Waals surface area contributed by atoms with Gasteiger partial charge in [0.25, 0.3) is 15.7 Å². The monoisotopic (exact) mass is 303 g/mol. The molecule has 0 saturated heterocycles. The lowest BCUT2D eigenvalue weighted by Gasteiger charge is -2.04. The van der Waals surface area contributed by atoms with Crippen molar-refractivity contribution < 1.29 is 18.4 Å². The van der Waals surface area contributed by atoms with Gasteiger partial charge in [-0.1, -0.05) is 13.8 Å². The maximum absolute atomic E-state index is 11.7. The molecule has 8 nitrogen and oxygen atoms in total. The SMILES string of the molecule is CC.CN(C)C=NS(=O)(=O)c1ccc([N+](=O)[O-])cc1O. The van der Waals surface area contributed by atoms with Crippen molar-refractivity contribution in [2.45, 2.75) is 18.7 Å². The maximum Gasteiger partial charge on any atom is 0.287 e. The van der Waals surface area contributed by atoms with Crippen molar-refractivity contribution in [1.29, 1.82) is 0 Å². The number of hydrogen-bond donors (Lipinski definition) is 1. The fourth-order valence-corrected chi connectivity index (χ4v) is 2.04. The van der Waals surface area contributed by atoms with E-state index in [1.54, 1.807) is 14.1 Å². The number of nitro benzene ring substituents is 1. The fourth-order valence-electron chi connectivity index (χ4n) is 1.05. The minimum absolute atomic E-state index is 0.400. The summed E-state index contributed by atoms with van der Waals surface area (Å²) in [7, 11) is -0.917. The summed E-state index contributed by atoms with van der Waals surface area (Å²) < 4.78 is 26.7. The van der Waals surface area contributed by atoms with Crippen molar-refractivity contribution in [2.75, 3.05) is 14.1 Å². The Hall–Kier alpha value is -2.16. The van der Waals surface area contributed by atoms with Gasteiger partial charge in [0.15, 0.2) is 0 Å². The number of nitrogens with zero attached hydrogens (tertiary/aromatic N) is 3. The summed E-state index contributed by atoms with van der Waals surface area (Å²) in [5.74, 6) is -0.708. The lowest BCUT2D eigenvalue weighted by molar-refractivity contribution is -0.385. The second kappa shape index (κ2) is 7.43. The molecule has 0 aromatic heterocycles. The number of benzene rings is 1. The molecule has 0 radical (unpaired) electrons. The third-order valence-electron chi connectivity index (χ3n) is 1.85. The number of phenolic OH excluding ortho intramolecular Hbond substituents is 1. The second-order valence-corrected chi connectivity index (χ2v) is 5.17. The topological polar surface area (TPSA) is 113 Å². The van der Waals surface area contributed by atoms with Crippen LogP contribution in [0.1, 0.15) is 13.8 Å². The zero-order valence-corrected chi connectivity index (χ0v) is 12.5. The van der Waals surface area contributed by atoms with Gasteiger partial charge < -0.3 is 10.0 Å². The minimum atomic E-state index is -4.07. The van der Waals surface area contributed by atoms with E-state index < -0.39 is 31.3 Å². The lowest BCUT2D eigenvalue weighted by atomic mass is 10.3. The molecule has 0 amide bonds. The fraction of sp³-hybridized carbons (Fsp3) is 0.364. The Morgan fingerprint density at radius 1 is 1.35 bits per heavy atom. The van der Waals surface area contributed by atoms with E-state index in [1.807, 2.05) is 13.8 Å². The van der Waals surface area contributed by atoms with Gasteiger partial charge in [0.2, 0.25) is 0 Å². The molecule has 20 heavy (non-hydrogen) atoms. The average molecular weight is 303 g/mol. The third-order valence-corrected chi connectivity index (χ3v) is 3.12. The molecule has 0 bridgehead atoms. The van der Waals surface area contributed by atoms with E-state index in [0.717, 1.165) is 24.5 Å². The number of sulfonamides is 1. The summed E-state index contributed by atoms with van der Waals surface area (Å²) in [4.78, 5) is 10.6. The average Bonchev–Trinajstić information content (AvgIpc) is 2.38.